The summed E-state index contributed by atoms with van der Waals surface area (Å²) in [5.74, 6) is 0.452. The number of hydrogen-bond acceptors (Lipinski definition) is 4. The minimum Gasteiger partial charge on any atom is -0.396 e. The predicted octanol–water partition coefficient (Wildman–Crippen LogP) is 2.67. The summed E-state index contributed by atoms with van der Waals surface area (Å²) in [7, 11) is 0. The van der Waals surface area contributed by atoms with E-state index in [4.69, 9.17) is 10.4 Å². The minimum atomic E-state index is 0.301. The molecule has 2 aromatic rings. The quantitative estimate of drug-likeness (QED) is 0.887. The molecule has 2 heterocycles. The molecular formula is C19H24N4O. The molecule has 1 saturated heterocycles. The molecule has 1 fully saturated rings. The van der Waals surface area contributed by atoms with E-state index >= 15 is 0 Å². The molecule has 1 aliphatic rings. The summed E-state index contributed by atoms with van der Waals surface area (Å²) in [5, 5.41) is 22.8. The van der Waals surface area contributed by atoms with Crippen molar-refractivity contribution in [3.8, 4) is 17.3 Å². The molecule has 5 heteroatoms. The standard InChI is InChI=1S/C19H24N4O/c20-9-4-10-23-14-18(13-22-11-7-16(15-24)8-12-22)19(21-23)17-5-2-1-3-6-17/h1-3,5-6,14,16,24H,4,7-8,10-13,15H2. The van der Waals surface area contributed by atoms with Crippen molar-refractivity contribution < 1.29 is 5.11 Å². The van der Waals surface area contributed by atoms with Crippen LogP contribution < -0.4 is 0 Å². The summed E-state index contributed by atoms with van der Waals surface area (Å²) < 4.78 is 1.89. The minimum absolute atomic E-state index is 0.301. The summed E-state index contributed by atoms with van der Waals surface area (Å²) in [6.45, 7) is 3.83. The van der Waals surface area contributed by atoms with Crippen molar-refractivity contribution in [2.75, 3.05) is 19.7 Å². The van der Waals surface area contributed by atoms with Gasteiger partial charge in [0.2, 0.25) is 0 Å². The number of nitrogens with zero attached hydrogens (tertiary/aromatic N) is 4. The van der Waals surface area contributed by atoms with Gasteiger partial charge in [0.05, 0.1) is 24.7 Å². The van der Waals surface area contributed by atoms with Crippen LogP contribution in [0.25, 0.3) is 11.3 Å². The number of aliphatic hydroxyl groups excluding tert-OH is 1. The molecule has 1 aromatic carbocycles. The van der Waals surface area contributed by atoms with Gasteiger partial charge in [0, 0.05) is 30.5 Å². The van der Waals surface area contributed by atoms with E-state index in [-0.39, 0.29) is 0 Å². The predicted molar refractivity (Wildman–Crippen MR) is 93.0 cm³/mol. The van der Waals surface area contributed by atoms with Crippen molar-refractivity contribution in [2.24, 2.45) is 5.92 Å². The number of hydrogen-bond donors (Lipinski definition) is 1. The lowest BCUT2D eigenvalue weighted by atomic mass is 9.97. The van der Waals surface area contributed by atoms with Gasteiger partial charge >= 0.3 is 0 Å². The monoisotopic (exact) mass is 324 g/mol. The molecule has 0 saturated carbocycles. The summed E-state index contributed by atoms with van der Waals surface area (Å²) in [4.78, 5) is 2.43. The molecule has 0 aliphatic carbocycles. The Morgan fingerprint density at radius 1 is 1.21 bits per heavy atom. The van der Waals surface area contributed by atoms with Crippen LogP contribution in [0.3, 0.4) is 0 Å². The van der Waals surface area contributed by atoms with Crippen LogP contribution in [-0.2, 0) is 13.1 Å². The van der Waals surface area contributed by atoms with Crippen LogP contribution in [0.1, 0.15) is 24.8 Å². The van der Waals surface area contributed by atoms with E-state index in [2.05, 4.69) is 29.3 Å². The molecule has 1 N–H and O–H groups in total. The topological polar surface area (TPSA) is 65.1 Å². The van der Waals surface area contributed by atoms with Crippen LogP contribution in [0.15, 0.2) is 36.5 Å². The first kappa shape index (κ1) is 16.7. The van der Waals surface area contributed by atoms with Gasteiger partial charge in [-0.05, 0) is 31.8 Å². The van der Waals surface area contributed by atoms with Crippen molar-refractivity contribution >= 4 is 0 Å². The van der Waals surface area contributed by atoms with Gasteiger partial charge in [-0.15, -0.1) is 0 Å². The average molecular weight is 324 g/mol. The van der Waals surface area contributed by atoms with Gasteiger partial charge in [-0.2, -0.15) is 10.4 Å². The van der Waals surface area contributed by atoms with E-state index in [0.717, 1.165) is 43.7 Å². The molecular weight excluding hydrogens is 300 g/mol. The van der Waals surface area contributed by atoms with E-state index in [1.54, 1.807) is 0 Å². The molecule has 1 aliphatic heterocycles. The first-order chi connectivity index (χ1) is 11.8. The van der Waals surface area contributed by atoms with Crippen LogP contribution in [0.2, 0.25) is 0 Å². The molecule has 126 valence electrons. The molecule has 1 aromatic heterocycles. The molecule has 0 spiro atoms. The Bertz CT molecular complexity index is 681. The van der Waals surface area contributed by atoms with Gasteiger partial charge in [0.25, 0.3) is 0 Å². The van der Waals surface area contributed by atoms with Crippen LogP contribution in [0.4, 0.5) is 0 Å². The molecule has 5 nitrogen and oxygen atoms in total. The smallest absolute Gasteiger partial charge is 0.0968 e. The zero-order valence-corrected chi connectivity index (χ0v) is 13.9. The zero-order valence-electron chi connectivity index (χ0n) is 13.9. The maximum Gasteiger partial charge on any atom is 0.0968 e. The third kappa shape index (κ3) is 4.02. The lowest BCUT2D eigenvalue weighted by Crippen LogP contribution is -2.34. The van der Waals surface area contributed by atoms with Gasteiger partial charge in [-0.1, -0.05) is 30.3 Å². The number of benzene rings is 1. The summed E-state index contributed by atoms with van der Waals surface area (Å²) in [6.07, 6.45) is 4.66. The number of nitriles is 1. The average Bonchev–Trinajstić information content (AvgIpc) is 3.04. The molecule has 0 unspecified atom stereocenters. The van der Waals surface area contributed by atoms with Crippen molar-refractivity contribution in [3.05, 3.63) is 42.1 Å². The Labute approximate surface area is 143 Å². The van der Waals surface area contributed by atoms with Gasteiger partial charge < -0.3 is 5.11 Å². The van der Waals surface area contributed by atoms with Crippen molar-refractivity contribution in [3.63, 3.8) is 0 Å². The summed E-state index contributed by atoms with van der Waals surface area (Å²) in [6, 6.07) is 12.4. The first-order valence-corrected chi connectivity index (χ1v) is 8.62. The van der Waals surface area contributed by atoms with E-state index < -0.39 is 0 Å². The first-order valence-electron chi connectivity index (χ1n) is 8.62. The number of piperidine rings is 1. The number of aliphatic hydroxyl groups is 1. The molecule has 0 bridgehead atoms. The fraction of sp³-hybridized carbons (Fsp3) is 0.474. The SMILES string of the molecule is N#CCCn1cc(CN2CCC(CO)CC2)c(-c2ccccc2)n1. The molecule has 0 radical (unpaired) electrons. The molecule has 24 heavy (non-hydrogen) atoms. The Balaban J connectivity index is 1.78. The Morgan fingerprint density at radius 3 is 2.62 bits per heavy atom. The highest BCUT2D eigenvalue weighted by Gasteiger charge is 2.20. The van der Waals surface area contributed by atoms with Crippen LogP contribution in [0.5, 0.6) is 0 Å². The van der Waals surface area contributed by atoms with Gasteiger partial charge in [-0.3, -0.25) is 9.58 Å². The third-order valence-electron chi connectivity index (χ3n) is 4.70. The Kier molecular flexibility index (Phi) is 5.63. The normalized spacial score (nSPS) is 16.2. The molecule has 0 atom stereocenters. The van der Waals surface area contributed by atoms with E-state index in [1.807, 2.05) is 22.9 Å². The lowest BCUT2D eigenvalue weighted by Gasteiger charge is -2.30. The van der Waals surface area contributed by atoms with E-state index in [1.165, 1.54) is 5.56 Å². The zero-order chi connectivity index (χ0) is 16.8. The second-order valence-corrected chi connectivity index (χ2v) is 6.44. The summed E-state index contributed by atoms with van der Waals surface area (Å²) in [5.41, 5.74) is 3.34. The Hall–Kier alpha value is -2.16. The van der Waals surface area contributed by atoms with Crippen molar-refractivity contribution in [1.82, 2.24) is 14.7 Å². The van der Waals surface area contributed by atoms with E-state index in [9.17, 15) is 5.11 Å². The second-order valence-electron chi connectivity index (χ2n) is 6.44. The highest BCUT2D eigenvalue weighted by Crippen LogP contribution is 2.25. The fourth-order valence-electron chi connectivity index (χ4n) is 3.26. The highest BCUT2D eigenvalue weighted by atomic mass is 16.3. The maximum atomic E-state index is 9.29. The van der Waals surface area contributed by atoms with Gasteiger partial charge in [0.15, 0.2) is 0 Å². The van der Waals surface area contributed by atoms with Crippen LogP contribution >= 0.6 is 0 Å². The molecule has 0 amide bonds. The van der Waals surface area contributed by atoms with Crippen molar-refractivity contribution in [1.29, 1.82) is 5.26 Å². The third-order valence-corrected chi connectivity index (χ3v) is 4.70. The Morgan fingerprint density at radius 2 is 1.96 bits per heavy atom. The van der Waals surface area contributed by atoms with Crippen LogP contribution in [0, 0.1) is 17.2 Å². The summed E-state index contributed by atoms with van der Waals surface area (Å²) >= 11 is 0. The number of rotatable bonds is 6. The van der Waals surface area contributed by atoms with Gasteiger partial charge in [-0.25, -0.2) is 0 Å². The largest absolute Gasteiger partial charge is 0.396 e. The lowest BCUT2D eigenvalue weighted by molar-refractivity contribution is 0.127. The fourth-order valence-corrected chi connectivity index (χ4v) is 3.26. The second kappa shape index (κ2) is 8.09. The van der Waals surface area contributed by atoms with Crippen molar-refractivity contribution in [2.45, 2.75) is 32.4 Å². The number of aromatic nitrogens is 2. The van der Waals surface area contributed by atoms with E-state index in [0.29, 0.717) is 25.5 Å². The van der Waals surface area contributed by atoms with Gasteiger partial charge in [0.1, 0.15) is 0 Å². The number of likely N-dealkylation sites (tertiary alicyclic amines) is 1. The molecule has 3 rings (SSSR count). The highest BCUT2D eigenvalue weighted by molar-refractivity contribution is 5.62. The number of aryl methyl sites for hydroxylation is 1. The maximum absolute atomic E-state index is 9.29. The van der Waals surface area contributed by atoms with Crippen LogP contribution in [-0.4, -0.2) is 39.5 Å².